The molecule has 1 amide bonds. The monoisotopic (exact) mass is 232 g/mol. The van der Waals surface area contributed by atoms with Crippen LogP contribution in [0.2, 0.25) is 0 Å². The summed E-state index contributed by atoms with van der Waals surface area (Å²) in [7, 11) is 0. The number of rotatable bonds is 2. The van der Waals surface area contributed by atoms with Gasteiger partial charge in [0, 0.05) is 0 Å². The van der Waals surface area contributed by atoms with Gasteiger partial charge in [-0.2, -0.15) is 0 Å². The molecule has 1 aliphatic heterocycles. The molecule has 0 fully saturated rings. The second kappa shape index (κ2) is 4.37. The Hall–Kier alpha value is -2.17. The van der Waals surface area contributed by atoms with Crippen LogP contribution in [0, 0.1) is 5.92 Å². The molecule has 88 valence electrons. The van der Waals surface area contributed by atoms with Crippen molar-refractivity contribution in [1.29, 1.82) is 0 Å². The molecule has 2 rings (SSSR count). The minimum Gasteiger partial charge on any atom is -0.481 e. The summed E-state index contributed by atoms with van der Waals surface area (Å²) in [5.41, 5.74) is 0.731. The van der Waals surface area contributed by atoms with Gasteiger partial charge in [-0.15, -0.1) is 0 Å². The molecule has 0 saturated carbocycles. The van der Waals surface area contributed by atoms with Crippen LogP contribution in [0.15, 0.2) is 35.3 Å². The fourth-order valence-corrected chi connectivity index (χ4v) is 1.88. The predicted molar refractivity (Wildman–Crippen MR) is 61.6 cm³/mol. The van der Waals surface area contributed by atoms with Crippen LogP contribution in [0.3, 0.4) is 0 Å². The lowest BCUT2D eigenvalue weighted by molar-refractivity contribution is -0.147. The topological polar surface area (TPSA) is 78.8 Å². The maximum atomic E-state index is 11.7. The molecule has 2 atom stereocenters. The molecule has 1 aromatic rings. The van der Waals surface area contributed by atoms with Gasteiger partial charge in [0.1, 0.15) is 5.84 Å². The zero-order valence-electron chi connectivity index (χ0n) is 9.25. The number of amidine groups is 1. The van der Waals surface area contributed by atoms with E-state index in [1.807, 2.05) is 6.07 Å². The van der Waals surface area contributed by atoms with E-state index in [-0.39, 0.29) is 0 Å². The van der Waals surface area contributed by atoms with Gasteiger partial charge in [0.25, 0.3) is 0 Å². The lowest BCUT2D eigenvalue weighted by Crippen LogP contribution is -2.45. The van der Waals surface area contributed by atoms with Gasteiger partial charge in [0.15, 0.2) is 5.92 Å². The van der Waals surface area contributed by atoms with E-state index in [1.165, 1.54) is 0 Å². The second-order valence-corrected chi connectivity index (χ2v) is 3.88. The molecule has 0 radical (unpaired) electrons. The molecule has 0 spiro atoms. The quantitative estimate of drug-likeness (QED) is 0.746. The maximum absolute atomic E-state index is 11.7. The van der Waals surface area contributed by atoms with Crippen LogP contribution in [0.1, 0.15) is 18.5 Å². The standard InChI is InChI=1S/C12H12N2O3/c1-7-13-10(8-5-3-2-4-6-8)9(12(16)17)11(15)14-7/h2-6,9-10H,1H3,(H,16,17)(H,13,14,15). The highest BCUT2D eigenvalue weighted by atomic mass is 16.4. The highest BCUT2D eigenvalue weighted by molar-refractivity contribution is 6.08. The van der Waals surface area contributed by atoms with Crippen molar-refractivity contribution in [1.82, 2.24) is 5.32 Å². The summed E-state index contributed by atoms with van der Waals surface area (Å²) < 4.78 is 0. The van der Waals surface area contributed by atoms with E-state index in [2.05, 4.69) is 10.3 Å². The Morgan fingerprint density at radius 2 is 2.00 bits per heavy atom. The number of benzene rings is 1. The first-order valence-corrected chi connectivity index (χ1v) is 5.22. The summed E-state index contributed by atoms with van der Waals surface area (Å²) in [5, 5.41) is 11.5. The molecule has 2 unspecified atom stereocenters. The summed E-state index contributed by atoms with van der Waals surface area (Å²) in [4.78, 5) is 27.0. The number of aliphatic carboxylic acids is 1. The van der Waals surface area contributed by atoms with Gasteiger partial charge in [0.05, 0.1) is 6.04 Å². The van der Waals surface area contributed by atoms with E-state index in [0.29, 0.717) is 5.84 Å². The van der Waals surface area contributed by atoms with Crippen molar-refractivity contribution < 1.29 is 14.7 Å². The van der Waals surface area contributed by atoms with Crippen molar-refractivity contribution in [2.45, 2.75) is 13.0 Å². The first-order chi connectivity index (χ1) is 8.09. The minimum atomic E-state index is -1.17. The van der Waals surface area contributed by atoms with E-state index in [9.17, 15) is 9.59 Å². The van der Waals surface area contributed by atoms with E-state index in [1.54, 1.807) is 31.2 Å². The molecule has 5 nitrogen and oxygen atoms in total. The van der Waals surface area contributed by atoms with Gasteiger partial charge in [-0.25, -0.2) is 0 Å². The average Bonchev–Trinajstić information content (AvgIpc) is 2.28. The number of nitrogens with zero attached hydrogens (tertiary/aromatic N) is 1. The summed E-state index contributed by atoms with van der Waals surface area (Å²) in [6.45, 7) is 1.64. The lowest BCUT2D eigenvalue weighted by Gasteiger charge is -2.25. The smallest absolute Gasteiger partial charge is 0.318 e. The van der Waals surface area contributed by atoms with Crippen molar-refractivity contribution in [2.24, 2.45) is 10.9 Å². The number of carbonyl (C=O) groups is 2. The van der Waals surface area contributed by atoms with Crippen molar-refractivity contribution in [3.63, 3.8) is 0 Å². The Bertz CT molecular complexity index is 482. The lowest BCUT2D eigenvalue weighted by atomic mass is 9.91. The Labute approximate surface area is 98.2 Å². The molecule has 1 aromatic carbocycles. The molecule has 1 aliphatic rings. The third-order valence-corrected chi connectivity index (χ3v) is 2.64. The number of aliphatic imine (C=N–C) groups is 1. The van der Waals surface area contributed by atoms with Gasteiger partial charge < -0.3 is 10.4 Å². The number of carboxylic acid groups (broad SMARTS) is 1. The van der Waals surface area contributed by atoms with Crippen LogP contribution >= 0.6 is 0 Å². The van der Waals surface area contributed by atoms with Crippen molar-refractivity contribution in [3.05, 3.63) is 35.9 Å². The Morgan fingerprint density at radius 3 is 2.59 bits per heavy atom. The largest absolute Gasteiger partial charge is 0.481 e. The second-order valence-electron chi connectivity index (χ2n) is 3.88. The molecule has 1 heterocycles. The number of nitrogens with one attached hydrogen (secondary N) is 1. The zero-order chi connectivity index (χ0) is 12.4. The number of hydrogen-bond acceptors (Lipinski definition) is 3. The van der Waals surface area contributed by atoms with Crippen LogP contribution in [-0.4, -0.2) is 22.8 Å². The first-order valence-electron chi connectivity index (χ1n) is 5.22. The van der Waals surface area contributed by atoms with Gasteiger partial charge in [-0.3, -0.25) is 14.6 Å². The van der Waals surface area contributed by atoms with Crippen molar-refractivity contribution in [2.75, 3.05) is 0 Å². The van der Waals surface area contributed by atoms with Crippen LogP contribution in [0.25, 0.3) is 0 Å². The van der Waals surface area contributed by atoms with E-state index < -0.39 is 23.8 Å². The van der Waals surface area contributed by atoms with Crippen LogP contribution in [0.5, 0.6) is 0 Å². The van der Waals surface area contributed by atoms with Gasteiger partial charge in [-0.05, 0) is 12.5 Å². The fourth-order valence-electron chi connectivity index (χ4n) is 1.88. The Balaban J connectivity index is 2.44. The molecule has 17 heavy (non-hydrogen) atoms. The summed E-state index contributed by atoms with van der Waals surface area (Å²) in [6.07, 6.45) is 0. The molecule has 0 saturated heterocycles. The number of hydrogen-bond donors (Lipinski definition) is 2. The van der Waals surface area contributed by atoms with E-state index in [0.717, 1.165) is 5.56 Å². The Kier molecular flexibility index (Phi) is 2.91. The molecule has 0 bridgehead atoms. The van der Waals surface area contributed by atoms with E-state index in [4.69, 9.17) is 5.11 Å². The third-order valence-electron chi connectivity index (χ3n) is 2.64. The van der Waals surface area contributed by atoms with Crippen molar-refractivity contribution in [3.8, 4) is 0 Å². The Morgan fingerprint density at radius 1 is 1.35 bits per heavy atom. The molecular formula is C12H12N2O3. The molecule has 0 aromatic heterocycles. The number of carbonyl (C=O) groups excluding carboxylic acids is 1. The predicted octanol–water partition coefficient (Wildman–Crippen LogP) is 0.977. The third kappa shape index (κ3) is 2.18. The normalized spacial score (nSPS) is 23.8. The van der Waals surface area contributed by atoms with E-state index >= 15 is 0 Å². The fraction of sp³-hybridized carbons (Fsp3) is 0.250. The van der Waals surface area contributed by atoms with Crippen molar-refractivity contribution >= 4 is 17.7 Å². The summed E-state index contributed by atoms with van der Waals surface area (Å²) in [5.74, 6) is -2.39. The highest BCUT2D eigenvalue weighted by Crippen LogP contribution is 2.29. The molecular weight excluding hydrogens is 220 g/mol. The number of carboxylic acids is 1. The SMILES string of the molecule is CC1=NC(c2ccccc2)C(C(=O)O)C(=O)N1. The number of amides is 1. The van der Waals surface area contributed by atoms with Crippen LogP contribution < -0.4 is 5.32 Å². The van der Waals surface area contributed by atoms with Gasteiger partial charge in [-0.1, -0.05) is 30.3 Å². The van der Waals surface area contributed by atoms with Gasteiger partial charge >= 0.3 is 5.97 Å². The zero-order valence-corrected chi connectivity index (χ0v) is 9.25. The average molecular weight is 232 g/mol. The first kappa shape index (κ1) is 11.3. The maximum Gasteiger partial charge on any atom is 0.318 e. The molecule has 2 N–H and O–H groups in total. The summed E-state index contributed by atoms with van der Waals surface area (Å²) >= 11 is 0. The minimum absolute atomic E-state index is 0.446. The van der Waals surface area contributed by atoms with Crippen LogP contribution in [-0.2, 0) is 9.59 Å². The highest BCUT2D eigenvalue weighted by Gasteiger charge is 2.38. The summed E-state index contributed by atoms with van der Waals surface area (Å²) in [6, 6.07) is 8.32. The molecule has 0 aliphatic carbocycles. The van der Waals surface area contributed by atoms with Crippen LogP contribution in [0.4, 0.5) is 0 Å². The molecule has 5 heteroatoms. The van der Waals surface area contributed by atoms with Gasteiger partial charge in [0.2, 0.25) is 5.91 Å².